The van der Waals surface area contributed by atoms with Gasteiger partial charge in [0, 0.05) is 10.6 Å². The van der Waals surface area contributed by atoms with E-state index in [0.29, 0.717) is 37.8 Å². The topological polar surface area (TPSA) is 83.7 Å². The number of nitriles is 1. The van der Waals surface area contributed by atoms with Crippen molar-refractivity contribution < 1.29 is 14.3 Å². The molecule has 170 valence electrons. The van der Waals surface area contributed by atoms with Crippen LogP contribution in [0.1, 0.15) is 22.3 Å². The van der Waals surface area contributed by atoms with E-state index in [4.69, 9.17) is 21.1 Å². The molecule has 0 unspecified atom stereocenters. The molecule has 0 spiro atoms. The van der Waals surface area contributed by atoms with Gasteiger partial charge in [-0.2, -0.15) is 5.26 Å². The van der Waals surface area contributed by atoms with Crippen molar-refractivity contribution in [2.45, 2.75) is 13.5 Å². The smallest absolute Gasteiger partial charge is 0.264 e. The quantitative estimate of drug-likeness (QED) is 0.429. The van der Waals surface area contributed by atoms with Gasteiger partial charge in [-0.25, -0.2) is 4.99 Å². The molecule has 1 saturated heterocycles. The summed E-state index contributed by atoms with van der Waals surface area (Å²) in [6.07, 6.45) is 1.77. The van der Waals surface area contributed by atoms with Crippen molar-refractivity contribution in [1.29, 1.82) is 5.26 Å². The number of nitrogens with one attached hydrogen (secondary N) is 1. The van der Waals surface area contributed by atoms with Crippen LogP contribution < -0.4 is 14.8 Å². The Morgan fingerprint density at radius 2 is 1.97 bits per heavy atom. The molecule has 6 nitrogen and oxygen atoms in total. The number of amidine groups is 1. The second kappa shape index (κ2) is 10.5. The summed E-state index contributed by atoms with van der Waals surface area (Å²) in [4.78, 5) is 17.5. The summed E-state index contributed by atoms with van der Waals surface area (Å²) >= 11 is 7.42. The van der Waals surface area contributed by atoms with E-state index in [2.05, 4.69) is 16.4 Å². The van der Waals surface area contributed by atoms with Crippen molar-refractivity contribution in [3.05, 3.63) is 92.8 Å². The van der Waals surface area contributed by atoms with Crippen molar-refractivity contribution in [3.8, 4) is 17.6 Å². The maximum atomic E-state index is 12.5. The van der Waals surface area contributed by atoms with E-state index in [1.807, 2.05) is 43.3 Å². The Morgan fingerprint density at radius 1 is 1.15 bits per heavy atom. The molecule has 1 heterocycles. The Bertz CT molecular complexity index is 1360. The van der Waals surface area contributed by atoms with Gasteiger partial charge in [-0.1, -0.05) is 41.9 Å². The van der Waals surface area contributed by atoms with E-state index >= 15 is 0 Å². The van der Waals surface area contributed by atoms with Gasteiger partial charge in [-0.15, -0.1) is 0 Å². The largest absolute Gasteiger partial charge is 0.493 e. The summed E-state index contributed by atoms with van der Waals surface area (Å²) in [7, 11) is 1.55. The first-order valence-electron chi connectivity index (χ1n) is 10.3. The lowest BCUT2D eigenvalue weighted by molar-refractivity contribution is -0.115. The average Bonchev–Trinajstić information content (AvgIpc) is 3.19. The van der Waals surface area contributed by atoms with E-state index in [-0.39, 0.29) is 12.5 Å². The Kier molecular flexibility index (Phi) is 7.21. The number of amides is 1. The normalized spacial score (nSPS) is 15.3. The number of halogens is 1. The van der Waals surface area contributed by atoms with Gasteiger partial charge in [-0.3, -0.25) is 4.79 Å². The molecule has 0 aliphatic carbocycles. The highest BCUT2D eigenvalue weighted by molar-refractivity contribution is 8.18. The number of carbonyl (C=O) groups excluding carboxylic acids is 1. The molecule has 0 aromatic heterocycles. The third kappa shape index (κ3) is 5.25. The molecule has 0 bridgehead atoms. The number of aliphatic imine (C=N–C) groups is 1. The van der Waals surface area contributed by atoms with Gasteiger partial charge in [0.05, 0.1) is 29.3 Å². The van der Waals surface area contributed by atoms with Gasteiger partial charge >= 0.3 is 0 Å². The number of rotatable bonds is 6. The Balaban J connectivity index is 1.52. The van der Waals surface area contributed by atoms with Gasteiger partial charge in [0.15, 0.2) is 16.7 Å². The van der Waals surface area contributed by atoms with Crippen LogP contribution in [0.15, 0.2) is 70.6 Å². The SMILES string of the molecule is COc1cc(/C=C2\SC(=Nc3cccc(Cl)c3C)NC2=O)ccc1OCc1ccccc1C#N. The van der Waals surface area contributed by atoms with Crippen molar-refractivity contribution in [3.63, 3.8) is 0 Å². The number of hydrogen-bond donors (Lipinski definition) is 1. The Labute approximate surface area is 206 Å². The second-order valence-corrected chi connectivity index (χ2v) is 8.77. The molecule has 0 atom stereocenters. The molecule has 1 fully saturated rings. The van der Waals surface area contributed by atoms with E-state index in [0.717, 1.165) is 16.7 Å². The maximum absolute atomic E-state index is 12.5. The minimum absolute atomic E-state index is 0.226. The third-order valence-electron chi connectivity index (χ3n) is 5.12. The first-order chi connectivity index (χ1) is 16.5. The lowest BCUT2D eigenvalue weighted by atomic mass is 10.1. The summed E-state index contributed by atoms with van der Waals surface area (Å²) in [6, 6.07) is 20.3. The summed E-state index contributed by atoms with van der Waals surface area (Å²) in [5.74, 6) is 0.839. The molecule has 34 heavy (non-hydrogen) atoms. The zero-order valence-corrected chi connectivity index (χ0v) is 20.0. The molecule has 4 rings (SSSR count). The van der Waals surface area contributed by atoms with Gasteiger partial charge < -0.3 is 14.8 Å². The van der Waals surface area contributed by atoms with Crippen molar-refractivity contribution >= 4 is 46.2 Å². The fourth-order valence-electron chi connectivity index (χ4n) is 3.26. The third-order valence-corrected chi connectivity index (χ3v) is 6.44. The van der Waals surface area contributed by atoms with E-state index in [1.54, 1.807) is 37.5 Å². The molecule has 3 aromatic rings. The van der Waals surface area contributed by atoms with Crippen LogP contribution in [0.5, 0.6) is 11.5 Å². The van der Waals surface area contributed by atoms with Crippen molar-refractivity contribution in [2.75, 3.05) is 7.11 Å². The molecule has 1 aliphatic rings. The fraction of sp³-hybridized carbons (Fsp3) is 0.115. The van der Waals surface area contributed by atoms with E-state index < -0.39 is 0 Å². The van der Waals surface area contributed by atoms with Gasteiger partial charge in [0.1, 0.15) is 6.61 Å². The zero-order valence-electron chi connectivity index (χ0n) is 18.5. The van der Waals surface area contributed by atoms with E-state index in [9.17, 15) is 10.1 Å². The van der Waals surface area contributed by atoms with E-state index in [1.165, 1.54) is 11.8 Å². The van der Waals surface area contributed by atoms with Gasteiger partial charge in [-0.05, 0) is 66.2 Å². The zero-order chi connectivity index (χ0) is 24.1. The molecule has 0 radical (unpaired) electrons. The molecule has 0 saturated carbocycles. The van der Waals surface area contributed by atoms with Gasteiger partial charge in [0.25, 0.3) is 5.91 Å². The minimum atomic E-state index is -0.226. The van der Waals surface area contributed by atoms with Crippen LogP contribution in [0.4, 0.5) is 5.69 Å². The van der Waals surface area contributed by atoms with Crippen LogP contribution in [0.25, 0.3) is 6.08 Å². The van der Waals surface area contributed by atoms with Crippen LogP contribution in [-0.4, -0.2) is 18.2 Å². The lowest BCUT2D eigenvalue weighted by Gasteiger charge is -2.12. The first-order valence-corrected chi connectivity index (χ1v) is 11.5. The number of carbonyl (C=O) groups is 1. The predicted octanol–water partition coefficient (Wildman–Crippen LogP) is 6.00. The summed E-state index contributed by atoms with van der Waals surface area (Å²) in [5, 5.41) is 13.2. The number of methoxy groups -OCH3 is 1. The number of nitrogens with zero attached hydrogens (tertiary/aromatic N) is 2. The highest BCUT2D eigenvalue weighted by atomic mass is 35.5. The highest BCUT2D eigenvalue weighted by Crippen LogP contribution is 2.34. The van der Waals surface area contributed by atoms with Crippen LogP contribution in [0.2, 0.25) is 5.02 Å². The van der Waals surface area contributed by atoms with Crippen molar-refractivity contribution in [2.24, 2.45) is 4.99 Å². The Hall–Kier alpha value is -3.73. The molecular weight excluding hydrogens is 470 g/mol. The number of ether oxygens (including phenoxy) is 2. The fourth-order valence-corrected chi connectivity index (χ4v) is 4.27. The summed E-state index contributed by atoms with van der Waals surface area (Å²) < 4.78 is 11.4. The molecular formula is C26H20ClN3O3S. The predicted molar refractivity (Wildman–Crippen MR) is 135 cm³/mol. The van der Waals surface area contributed by atoms with Gasteiger partial charge in [0.2, 0.25) is 0 Å². The number of thioether (sulfide) groups is 1. The molecule has 1 amide bonds. The monoisotopic (exact) mass is 489 g/mol. The molecule has 3 aromatic carbocycles. The van der Waals surface area contributed by atoms with Crippen LogP contribution in [0, 0.1) is 18.3 Å². The molecule has 1 aliphatic heterocycles. The minimum Gasteiger partial charge on any atom is -0.493 e. The first kappa shape index (κ1) is 23.4. The molecule has 8 heteroatoms. The van der Waals surface area contributed by atoms with Crippen LogP contribution in [0.3, 0.4) is 0 Å². The number of benzene rings is 3. The number of hydrogen-bond acceptors (Lipinski definition) is 6. The van der Waals surface area contributed by atoms with Crippen LogP contribution in [-0.2, 0) is 11.4 Å². The summed E-state index contributed by atoms with van der Waals surface area (Å²) in [5.41, 5.74) is 3.69. The van der Waals surface area contributed by atoms with Crippen molar-refractivity contribution in [1.82, 2.24) is 5.32 Å². The standard InChI is InChI=1S/C26H20ClN3O3S/c1-16-20(27)8-5-9-21(16)29-26-30-25(31)24(34-26)13-17-10-11-22(23(12-17)32-2)33-15-19-7-4-3-6-18(19)14-28/h3-13H,15H2,1-2H3,(H,29,30,31)/b24-13-. The lowest BCUT2D eigenvalue weighted by Crippen LogP contribution is -2.19. The maximum Gasteiger partial charge on any atom is 0.264 e. The summed E-state index contributed by atoms with van der Waals surface area (Å²) in [6.45, 7) is 2.12. The Morgan fingerprint density at radius 3 is 2.76 bits per heavy atom. The van der Waals surface area contributed by atoms with Crippen LogP contribution >= 0.6 is 23.4 Å². The second-order valence-electron chi connectivity index (χ2n) is 7.33. The highest BCUT2D eigenvalue weighted by Gasteiger charge is 2.24. The average molecular weight is 490 g/mol. The molecule has 1 N–H and O–H groups in total.